The molecule has 0 atom stereocenters. The van der Waals surface area contributed by atoms with Crippen molar-refractivity contribution in [2.75, 3.05) is 0 Å². The molecule has 1 aromatic carbocycles. The van der Waals surface area contributed by atoms with Crippen LogP contribution in [0.5, 0.6) is 5.75 Å². The molecule has 0 fully saturated rings. The maximum atomic E-state index is 10.5. The number of aromatic nitrogens is 2. The third-order valence-corrected chi connectivity index (χ3v) is 2.48. The first-order valence-corrected chi connectivity index (χ1v) is 5.24. The van der Waals surface area contributed by atoms with Gasteiger partial charge in [0.15, 0.2) is 0 Å². The van der Waals surface area contributed by atoms with E-state index in [-0.39, 0.29) is 12.2 Å². The number of carbonyl (C=O) groups is 1. The Hall–Kier alpha value is -2.17. The number of fused-ring (bicyclic) bond motifs is 1. The van der Waals surface area contributed by atoms with Crippen molar-refractivity contribution < 1.29 is 15.0 Å². The van der Waals surface area contributed by atoms with Crippen LogP contribution in [0.2, 0.25) is 0 Å². The molecule has 0 saturated heterocycles. The van der Waals surface area contributed by atoms with Gasteiger partial charge in [0.25, 0.3) is 0 Å². The molecule has 2 N–H and O–H groups in total. The minimum atomic E-state index is -0.864. The number of rotatable bonds is 3. The first-order chi connectivity index (χ1) is 8.06. The Morgan fingerprint density at radius 3 is 2.82 bits per heavy atom. The fourth-order valence-corrected chi connectivity index (χ4v) is 1.66. The van der Waals surface area contributed by atoms with E-state index in [0.29, 0.717) is 12.2 Å². The van der Waals surface area contributed by atoms with Gasteiger partial charge in [-0.05, 0) is 25.1 Å². The second-order valence-corrected chi connectivity index (χ2v) is 3.82. The van der Waals surface area contributed by atoms with Crippen LogP contribution in [0.1, 0.15) is 17.9 Å². The molecule has 5 nitrogen and oxygen atoms in total. The number of aryl methyl sites for hydroxylation is 2. The Kier molecular flexibility index (Phi) is 2.91. The van der Waals surface area contributed by atoms with Crippen molar-refractivity contribution in [2.24, 2.45) is 0 Å². The van der Waals surface area contributed by atoms with Gasteiger partial charge in [0.2, 0.25) is 0 Å². The van der Waals surface area contributed by atoms with Gasteiger partial charge < -0.3 is 10.2 Å². The number of nitrogens with zero attached hydrogens (tertiary/aromatic N) is 2. The second-order valence-electron chi connectivity index (χ2n) is 3.82. The number of hydrogen-bond acceptors (Lipinski definition) is 4. The standard InChI is InChI=1S/C12H12N2O3/c1-7-9-6-8(15)2-3-10(9)14-11(13-7)4-5-12(16)17/h2-3,6,15H,4-5H2,1H3,(H,16,17). The zero-order valence-corrected chi connectivity index (χ0v) is 9.34. The molecule has 0 aliphatic rings. The van der Waals surface area contributed by atoms with Crippen molar-refractivity contribution in [3.05, 3.63) is 29.7 Å². The summed E-state index contributed by atoms with van der Waals surface area (Å²) in [6.45, 7) is 1.81. The SMILES string of the molecule is Cc1nc(CCC(=O)O)nc2ccc(O)cc12. The van der Waals surface area contributed by atoms with Gasteiger partial charge in [-0.25, -0.2) is 9.97 Å². The summed E-state index contributed by atoms with van der Waals surface area (Å²) < 4.78 is 0. The van der Waals surface area contributed by atoms with Gasteiger partial charge in [-0.2, -0.15) is 0 Å². The summed E-state index contributed by atoms with van der Waals surface area (Å²) in [7, 11) is 0. The van der Waals surface area contributed by atoms with Crippen LogP contribution in [0, 0.1) is 6.92 Å². The van der Waals surface area contributed by atoms with Gasteiger partial charge in [-0.15, -0.1) is 0 Å². The molecule has 5 heteroatoms. The fourth-order valence-electron chi connectivity index (χ4n) is 1.66. The van der Waals surface area contributed by atoms with Crippen LogP contribution in [-0.2, 0) is 11.2 Å². The van der Waals surface area contributed by atoms with Crippen molar-refractivity contribution in [2.45, 2.75) is 19.8 Å². The van der Waals surface area contributed by atoms with Crippen LogP contribution >= 0.6 is 0 Å². The molecule has 0 saturated carbocycles. The molecule has 2 rings (SSSR count). The molecule has 0 aliphatic carbocycles. The molecule has 88 valence electrons. The summed E-state index contributed by atoms with van der Waals surface area (Å²) in [4.78, 5) is 19.0. The molecule has 17 heavy (non-hydrogen) atoms. The Morgan fingerprint density at radius 1 is 1.35 bits per heavy atom. The summed E-state index contributed by atoms with van der Waals surface area (Å²) in [6.07, 6.45) is 0.329. The lowest BCUT2D eigenvalue weighted by atomic mass is 10.1. The average molecular weight is 232 g/mol. The monoisotopic (exact) mass is 232 g/mol. The normalized spacial score (nSPS) is 10.6. The first-order valence-electron chi connectivity index (χ1n) is 5.24. The van der Waals surface area contributed by atoms with Gasteiger partial charge >= 0.3 is 5.97 Å². The van der Waals surface area contributed by atoms with Crippen molar-refractivity contribution in [3.8, 4) is 5.75 Å². The van der Waals surface area contributed by atoms with Crippen LogP contribution in [0.4, 0.5) is 0 Å². The molecule has 0 amide bonds. The number of aromatic hydroxyl groups is 1. The summed E-state index contributed by atoms with van der Waals surface area (Å²) in [5.74, 6) is -0.178. The van der Waals surface area contributed by atoms with Gasteiger partial charge in [-0.1, -0.05) is 0 Å². The summed E-state index contributed by atoms with van der Waals surface area (Å²) in [5.41, 5.74) is 1.46. The highest BCUT2D eigenvalue weighted by molar-refractivity contribution is 5.82. The maximum Gasteiger partial charge on any atom is 0.303 e. The molecule has 1 heterocycles. The quantitative estimate of drug-likeness (QED) is 0.840. The summed E-state index contributed by atoms with van der Waals surface area (Å²) >= 11 is 0. The highest BCUT2D eigenvalue weighted by Gasteiger charge is 2.07. The Labute approximate surface area is 97.8 Å². The second kappa shape index (κ2) is 4.37. The highest BCUT2D eigenvalue weighted by Crippen LogP contribution is 2.20. The average Bonchev–Trinajstić information content (AvgIpc) is 2.27. The van der Waals surface area contributed by atoms with E-state index >= 15 is 0 Å². The molecule has 0 aliphatic heterocycles. The molecule has 2 aromatic rings. The van der Waals surface area contributed by atoms with E-state index in [1.54, 1.807) is 18.2 Å². The number of benzene rings is 1. The summed E-state index contributed by atoms with van der Waals surface area (Å²) in [5, 5.41) is 18.8. The van der Waals surface area contributed by atoms with E-state index in [1.165, 1.54) is 0 Å². The topological polar surface area (TPSA) is 83.3 Å². The van der Waals surface area contributed by atoms with Crippen LogP contribution in [0.25, 0.3) is 10.9 Å². The molecule has 1 aromatic heterocycles. The fraction of sp³-hybridized carbons (Fsp3) is 0.250. The lowest BCUT2D eigenvalue weighted by Crippen LogP contribution is -2.03. The molecular formula is C12H12N2O3. The Morgan fingerprint density at radius 2 is 2.12 bits per heavy atom. The predicted molar refractivity (Wildman–Crippen MR) is 61.9 cm³/mol. The largest absolute Gasteiger partial charge is 0.508 e. The predicted octanol–water partition coefficient (Wildman–Crippen LogP) is 1.66. The minimum Gasteiger partial charge on any atom is -0.508 e. The van der Waals surface area contributed by atoms with E-state index in [0.717, 1.165) is 16.6 Å². The number of phenolic OH excluding ortho intramolecular Hbond substituents is 1. The first kappa shape index (κ1) is 11.3. The Balaban J connectivity index is 2.41. The van der Waals surface area contributed by atoms with E-state index in [1.807, 2.05) is 6.92 Å². The van der Waals surface area contributed by atoms with Crippen LogP contribution in [0.15, 0.2) is 18.2 Å². The molecule has 0 spiro atoms. The van der Waals surface area contributed by atoms with Gasteiger partial charge in [0.05, 0.1) is 11.9 Å². The van der Waals surface area contributed by atoms with E-state index in [9.17, 15) is 9.90 Å². The highest BCUT2D eigenvalue weighted by atomic mass is 16.4. The summed E-state index contributed by atoms with van der Waals surface area (Å²) in [6, 6.07) is 4.85. The molecular weight excluding hydrogens is 220 g/mol. The number of carboxylic acid groups (broad SMARTS) is 1. The van der Waals surface area contributed by atoms with Gasteiger partial charge in [0, 0.05) is 17.5 Å². The van der Waals surface area contributed by atoms with E-state index in [4.69, 9.17) is 5.11 Å². The third-order valence-electron chi connectivity index (χ3n) is 2.48. The number of aliphatic carboxylic acids is 1. The zero-order chi connectivity index (χ0) is 12.4. The number of phenols is 1. The van der Waals surface area contributed by atoms with Gasteiger partial charge in [-0.3, -0.25) is 4.79 Å². The molecule has 0 radical (unpaired) electrons. The molecule has 0 unspecified atom stereocenters. The van der Waals surface area contributed by atoms with Crippen LogP contribution in [-0.4, -0.2) is 26.2 Å². The zero-order valence-electron chi connectivity index (χ0n) is 9.34. The number of hydrogen-bond donors (Lipinski definition) is 2. The Bertz CT molecular complexity index is 581. The van der Waals surface area contributed by atoms with E-state index < -0.39 is 5.97 Å². The maximum absolute atomic E-state index is 10.5. The van der Waals surface area contributed by atoms with Crippen LogP contribution in [0.3, 0.4) is 0 Å². The smallest absolute Gasteiger partial charge is 0.303 e. The van der Waals surface area contributed by atoms with Crippen LogP contribution < -0.4 is 0 Å². The lowest BCUT2D eigenvalue weighted by Gasteiger charge is -2.05. The van der Waals surface area contributed by atoms with Crippen molar-refractivity contribution in [1.82, 2.24) is 9.97 Å². The third kappa shape index (κ3) is 2.50. The minimum absolute atomic E-state index is 0.0169. The molecule has 0 bridgehead atoms. The van der Waals surface area contributed by atoms with Gasteiger partial charge in [0.1, 0.15) is 11.6 Å². The lowest BCUT2D eigenvalue weighted by molar-refractivity contribution is -0.137. The number of carboxylic acids is 1. The van der Waals surface area contributed by atoms with Crippen molar-refractivity contribution in [3.63, 3.8) is 0 Å². The van der Waals surface area contributed by atoms with Crippen molar-refractivity contribution in [1.29, 1.82) is 0 Å². The van der Waals surface area contributed by atoms with E-state index in [2.05, 4.69) is 9.97 Å². The van der Waals surface area contributed by atoms with Crippen molar-refractivity contribution >= 4 is 16.9 Å².